The molecule has 0 aromatic carbocycles. The fourth-order valence-electron chi connectivity index (χ4n) is 3.29. The molecule has 30 heavy (non-hydrogen) atoms. The molecule has 0 amide bonds. The van der Waals surface area contributed by atoms with Gasteiger partial charge in [-0.1, -0.05) is 6.07 Å². The van der Waals surface area contributed by atoms with E-state index in [1.54, 1.807) is 0 Å². The zero-order valence-electron chi connectivity index (χ0n) is 19.7. The van der Waals surface area contributed by atoms with E-state index in [2.05, 4.69) is 86.7 Å². The van der Waals surface area contributed by atoms with E-state index in [9.17, 15) is 17.3 Å². The van der Waals surface area contributed by atoms with Crippen molar-refractivity contribution in [2.75, 3.05) is 0 Å². The van der Waals surface area contributed by atoms with Gasteiger partial charge in [0.05, 0.1) is 46.3 Å². The van der Waals surface area contributed by atoms with Crippen LogP contribution in [0.1, 0.15) is 66.8 Å². The van der Waals surface area contributed by atoms with Crippen molar-refractivity contribution in [3.05, 3.63) is 42.7 Å². The SMILES string of the molecule is C=C.CC(C)[PH+](Cc1cccc(C[PH+](C(C)C)C(C)C)n1)C(C)C.F[B-](F)(F)F.[Rh]. The number of halogens is 4. The molecule has 1 aromatic rings. The standard InChI is InChI=1S/C19H35NP2.C2H4.BF4.Rh/c1-14(2)21(15(3)4)12-18-10-9-11-19(20-18)13-22(16(5)6)17(7)8;1-2;2-1(3,4)5;/h9-11,14-17H,12-13H2,1-8H3;1-2H2;;/q;;-1;/p+2. The first-order valence-corrected chi connectivity index (χ1v) is 14.0. The average molecular weight is 559 g/mol. The maximum atomic E-state index is 9.75. The van der Waals surface area contributed by atoms with Crippen molar-refractivity contribution in [2.45, 2.75) is 90.3 Å². The third kappa shape index (κ3) is 17.8. The minimum atomic E-state index is -6.00. The molecule has 0 saturated carbocycles. The van der Waals surface area contributed by atoms with Gasteiger partial charge in [-0.2, -0.15) is 0 Å². The molecular formula is C21H41BF4NP2Rh+. The zero-order valence-corrected chi connectivity index (χ0v) is 23.4. The molecule has 1 nitrogen and oxygen atoms in total. The van der Waals surface area contributed by atoms with Crippen molar-refractivity contribution in [1.82, 2.24) is 4.98 Å². The first-order chi connectivity index (χ1) is 13.2. The van der Waals surface area contributed by atoms with E-state index in [1.807, 2.05) is 0 Å². The Hall–Kier alpha value is 0.158. The number of pyridine rings is 1. The molecule has 0 saturated heterocycles. The van der Waals surface area contributed by atoms with Crippen molar-refractivity contribution >= 4 is 23.1 Å². The van der Waals surface area contributed by atoms with Crippen molar-refractivity contribution in [1.29, 1.82) is 0 Å². The van der Waals surface area contributed by atoms with Gasteiger partial charge in [-0.3, -0.25) is 4.98 Å². The van der Waals surface area contributed by atoms with Gasteiger partial charge in [-0.05, 0) is 67.5 Å². The monoisotopic (exact) mass is 559 g/mol. The van der Waals surface area contributed by atoms with Gasteiger partial charge in [0.1, 0.15) is 0 Å². The number of aromatic nitrogens is 1. The number of hydrogen-bond acceptors (Lipinski definition) is 1. The largest absolute Gasteiger partial charge is 0.673 e. The van der Waals surface area contributed by atoms with Gasteiger partial charge in [-0.15, -0.1) is 13.2 Å². The molecule has 0 spiro atoms. The third-order valence-electron chi connectivity index (χ3n) is 4.60. The molecule has 9 heteroatoms. The second-order valence-electron chi connectivity index (χ2n) is 8.24. The normalized spacial score (nSPS) is 11.4. The van der Waals surface area contributed by atoms with E-state index in [4.69, 9.17) is 4.98 Å². The van der Waals surface area contributed by atoms with Gasteiger partial charge in [0.25, 0.3) is 0 Å². The second kappa shape index (κ2) is 17.7. The summed E-state index contributed by atoms with van der Waals surface area (Å²) in [6, 6.07) is 6.73. The molecule has 0 N–H and O–H groups in total. The van der Waals surface area contributed by atoms with Gasteiger partial charge in [0, 0.05) is 35.3 Å². The van der Waals surface area contributed by atoms with Crippen LogP contribution in [0.25, 0.3) is 0 Å². The van der Waals surface area contributed by atoms with Gasteiger partial charge in [0.2, 0.25) is 0 Å². The smallest absolute Gasteiger partial charge is 0.418 e. The van der Waals surface area contributed by atoms with Gasteiger partial charge < -0.3 is 17.3 Å². The third-order valence-corrected chi connectivity index (χ3v) is 12.1. The summed E-state index contributed by atoms with van der Waals surface area (Å²) < 4.78 is 39.0. The van der Waals surface area contributed by atoms with Gasteiger partial charge in [-0.25, -0.2) is 0 Å². The molecule has 0 aliphatic carbocycles. The molecule has 0 unspecified atom stereocenters. The van der Waals surface area contributed by atoms with E-state index in [1.165, 1.54) is 23.7 Å². The van der Waals surface area contributed by atoms with Crippen molar-refractivity contribution < 1.29 is 36.7 Å². The Morgan fingerprint density at radius 1 is 0.733 bits per heavy atom. The zero-order chi connectivity index (χ0) is 23.4. The minimum absolute atomic E-state index is 0. The van der Waals surface area contributed by atoms with E-state index in [0.717, 1.165) is 22.6 Å². The van der Waals surface area contributed by atoms with E-state index in [0.29, 0.717) is 0 Å². The Morgan fingerprint density at radius 2 is 0.967 bits per heavy atom. The summed E-state index contributed by atoms with van der Waals surface area (Å²) in [7, 11) is -6.72. The quantitative estimate of drug-likeness (QED) is 0.135. The van der Waals surface area contributed by atoms with Crippen LogP contribution in [-0.4, -0.2) is 34.9 Å². The first-order valence-electron chi connectivity index (χ1n) is 10.3. The predicted octanol–water partition coefficient (Wildman–Crippen LogP) is 8.24. The van der Waals surface area contributed by atoms with Crippen molar-refractivity contribution in [3.8, 4) is 0 Å². The molecule has 1 radical (unpaired) electrons. The van der Waals surface area contributed by atoms with Crippen molar-refractivity contribution in [3.63, 3.8) is 0 Å². The minimum Gasteiger partial charge on any atom is -0.418 e. The summed E-state index contributed by atoms with van der Waals surface area (Å²) >= 11 is 0. The van der Waals surface area contributed by atoms with Gasteiger partial charge >= 0.3 is 7.25 Å². The Balaban J connectivity index is -0.000000795. The Kier molecular flexibility index (Phi) is 20.5. The Morgan fingerprint density at radius 3 is 1.17 bits per heavy atom. The van der Waals surface area contributed by atoms with Crippen LogP contribution in [0.3, 0.4) is 0 Å². The van der Waals surface area contributed by atoms with E-state index >= 15 is 0 Å². The van der Waals surface area contributed by atoms with Crippen LogP contribution < -0.4 is 0 Å². The summed E-state index contributed by atoms with van der Waals surface area (Å²) in [6.45, 7) is 25.1. The maximum absolute atomic E-state index is 9.75. The van der Waals surface area contributed by atoms with Crippen LogP contribution in [0.2, 0.25) is 0 Å². The topological polar surface area (TPSA) is 12.9 Å². The summed E-state index contributed by atoms with van der Waals surface area (Å²) in [5, 5.41) is 0. The molecule has 0 atom stereocenters. The van der Waals surface area contributed by atoms with Gasteiger partial charge in [0.15, 0.2) is 0 Å². The molecule has 0 aliphatic rings. The van der Waals surface area contributed by atoms with Crippen LogP contribution in [0, 0.1) is 0 Å². The number of nitrogens with zero attached hydrogens (tertiary/aromatic N) is 1. The van der Waals surface area contributed by atoms with Crippen molar-refractivity contribution in [2.24, 2.45) is 0 Å². The Labute approximate surface area is 197 Å². The molecule has 179 valence electrons. The van der Waals surface area contributed by atoms with Crippen LogP contribution in [0.5, 0.6) is 0 Å². The maximum Gasteiger partial charge on any atom is 0.673 e. The summed E-state index contributed by atoms with van der Waals surface area (Å²) in [6.07, 6.45) is 2.44. The number of hydrogen-bond donors (Lipinski definition) is 0. The fourth-order valence-corrected chi connectivity index (χ4v) is 8.82. The molecule has 0 bridgehead atoms. The summed E-state index contributed by atoms with van der Waals surface area (Å²) in [5.74, 6) is 0. The van der Waals surface area contributed by atoms with Crippen LogP contribution in [-0.2, 0) is 31.8 Å². The molecule has 1 heterocycles. The molecule has 0 fully saturated rings. The molecular weight excluding hydrogens is 518 g/mol. The molecule has 1 rings (SSSR count). The summed E-state index contributed by atoms with van der Waals surface area (Å²) in [5.41, 5.74) is 5.95. The fraction of sp³-hybridized carbons (Fsp3) is 0.667. The molecule has 1 aromatic heterocycles. The van der Waals surface area contributed by atoms with Crippen LogP contribution in [0.4, 0.5) is 17.3 Å². The predicted molar refractivity (Wildman–Crippen MR) is 130 cm³/mol. The average Bonchev–Trinajstić information content (AvgIpc) is 2.57. The van der Waals surface area contributed by atoms with Crippen LogP contribution in [0.15, 0.2) is 31.4 Å². The summed E-state index contributed by atoms with van der Waals surface area (Å²) in [4.78, 5) is 5.03. The number of rotatable bonds is 8. The van der Waals surface area contributed by atoms with E-state index < -0.39 is 7.25 Å². The van der Waals surface area contributed by atoms with E-state index in [-0.39, 0.29) is 35.3 Å². The second-order valence-corrected chi connectivity index (χ2v) is 15.9. The van der Waals surface area contributed by atoms with Crippen LogP contribution >= 0.6 is 15.8 Å². The first kappa shape index (κ1) is 34.8. The Bertz CT molecular complexity index is 499. The molecule has 0 aliphatic heterocycles.